The van der Waals surface area contributed by atoms with Crippen molar-refractivity contribution in [3.05, 3.63) is 77.3 Å². The molecule has 4 rings (SSSR count). The van der Waals surface area contributed by atoms with Gasteiger partial charge in [-0.3, -0.25) is 9.13 Å². The van der Waals surface area contributed by atoms with Gasteiger partial charge in [-0.05, 0) is 37.8 Å². The Hall–Kier alpha value is -3.84. The van der Waals surface area contributed by atoms with Crippen molar-refractivity contribution in [3.8, 4) is 0 Å². The molecular weight excluding hydrogens is 506 g/mol. The van der Waals surface area contributed by atoms with Gasteiger partial charge in [-0.2, -0.15) is 9.97 Å². The Morgan fingerprint density at radius 2 is 1.24 bits per heavy atom. The fraction of sp³-hybridized carbons (Fsp3) is 0.636. The number of nitrogens with zero attached hydrogens (tertiary/aromatic N) is 10. The zero-order valence-electron chi connectivity index (χ0n) is 21.3. The molecule has 4 heterocycles. The number of rotatable bonds is 6. The first kappa shape index (κ1) is 28.7. The first-order chi connectivity index (χ1) is 18.1. The van der Waals surface area contributed by atoms with Crippen molar-refractivity contribution in [1.82, 2.24) is 19.1 Å². The molecule has 0 radical (unpaired) electrons. The van der Waals surface area contributed by atoms with Crippen molar-refractivity contribution in [2.45, 2.75) is 90.1 Å². The maximum atomic E-state index is 13.5. The predicted octanol–water partition coefficient (Wildman–Crippen LogP) is 4.13. The monoisotopic (exact) mass is 534 g/mol. The molecule has 0 bridgehead atoms. The predicted molar refractivity (Wildman–Crippen MR) is 130 cm³/mol. The van der Waals surface area contributed by atoms with Crippen molar-refractivity contribution < 1.29 is 18.3 Å². The van der Waals surface area contributed by atoms with E-state index < -0.39 is 35.5 Å². The van der Waals surface area contributed by atoms with Crippen LogP contribution in [0.3, 0.4) is 0 Å². The number of halogens is 2. The lowest BCUT2D eigenvalue weighted by molar-refractivity contribution is -0.00475. The van der Waals surface area contributed by atoms with E-state index in [0.717, 1.165) is 21.5 Å². The zero-order chi connectivity index (χ0) is 28.0. The summed E-state index contributed by atoms with van der Waals surface area (Å²) < 4.78 is 40.4. The molecule has 0 spiro atoms. The Kier molecular flexibility index (Phi) is 9.53. The number of aromatic nitrogens is 4. The van der Waals surface area contributed by atoms with E-state index in [4.69, 9.17) is 20.5 Å². The molecule has 2 aromatic heterocycles. The minimum Gasteiger partial charge on any atom is -0.354 e. The minimum absolute atomic E-state index is 0.0536. The largest absolute Gasteiger partial charge is 0.354 e. The van der Waals surface area contributed by atoms with E-state index in [9.17, 15) is 18.4 Å². The molecular formula is C22H28F2N10O4. The van der Waals surface area contributed by atoms with Gasteiger partial charge in [-0.15, -0.1) is 0 Å². The highest BCUT2D eigenvalue weighted by Gasteiger charge is 2.36. The molecule has 14 nitrogen and oxygen atoms in total. The highest BCUT2D eigenvalue weighted by atomic mass is 19.1. The lowest BCUT2D eigenvalue weighted by atomic mass is 10.1. The summed E-state index contributed by atoms with van der Waals surface area (Å²) in [5.41, 5.74) is 16.0. The SMILES string of the molecule is CC[C@@H]1O[C@H](n2cc(F)c(C)nc2=O)CC1N=[N+]=[N-].CC[C@H]1O[C@H](n2cc(F)c(C)nc2=O)CC1N=[N+]=[N-]. The number of hydrogen-bond donors (Lipinski definition) is 0. The van der Waals surface area contributed by atoms with Crippen LogP contribution in [0.1, 0.15) is 63.4 Å². The van der Waals surface area contributed by atoms with E-state index in [0.29, 0.717) is 25.7 Å². The molecule has 0 aliphatic carbocycles. The van der Waals surface area contributed by atoms with Crippen LogP contribution in [0.2, 0.25) is 0 Å². The van der Waals surface area contributed by atoms with Crippen LogP contribution in [-0.4, -0.2) is 43.4 Å². The fourth-order valence-electron chi connectivity index (χ4n) is 4.35. The van der Waals surface area contributed by atoms with Crippen LogP contribution in [-0.2, 0) is 9.47 Å². The molecule has 2 saturated heterocycles. The summed E-state index contributed by atoms with van der Waals surface area (Å²) in [4.78, 5) is 36.2. The van der Waals surface area contributed by atoms with Gasteiger partial charge in [0.2, 0.25) is 0 Å². The summed E-state index contributed by atoms with van der Waals surface area (Å²) in [6.45, 7) is 6.63. The van der Waals surface area contributed by atoms with Gasteiger partial charge in [0.25, 0.3) is 0 Å². The second kappa shape index (κ2) is 12.6. The van der Waals surface area contributed by atoms with Crippen molar-refractivity contribution in [1.29, 1.82) is 0 Å². The fourth-order valence-corrected chi connectivity index (χ4v) is 4.35. The molecule has 2 aliphatic heterocycles. The van der Waals surface area contributed by atoms with Crippen LogP contribution in [0.5, 0.6) is 0 Å². The summed E-state index contributed by atoms with van der Waals surface area (Å²) in [6.07, 6.45) is 2.33. The highest BCUT2D eigenvalue weighted by molar-refractivity contribution is 5.02. The van der Waals surface area contributed by atoms with E-state index in [-0.39, 0.29) is 35.7 Å². The van der Waals surface area contributed by atoms with Crippen molar-refractivity contribution >= 4 is 0 Å². The minimum atomic E-state index is -0.643. The Labute approximate surface area is 215 Å². The maximum absolute atomic E-state index is 13.5. The van der Waals surface area contributed by atoms with Gasteiger partial charge in [-0.1, -0.05) is 24.1 Å². The van der Waals surface area contributed by atoms with Crippen LogP contribution >= 0.6 is 0 Å². The molecule has 204 valence electrons. The topological polar surface area (TPSA) is 186 Å². The molecule has 38 heavy (non-hydrogen) atoms. The third kappa shape index (κ3) is 6.34. The molecule has 2 aromatic rings. The van der Waals surface area contributed by atoms with E-state index in [2.05, 4.69) is 30.0 Å². The van der Waals surface area contributed by atoms with Gasteiger partial charge >= 0.3 is 11.4 Å². The number of aryl methyl sites for hydroxylation is 2. The molecule has 6 atom stereocenters. The smallest absolute Gasteiger partial charge is 0.350 e. The second-order valence-corrected chi connectivity index (χ2v) is 8.82. The molecule has 2 aliphatic rings. The summed E-state index contributed by atoms with van der Waals surface area (Å²) in [5.74, 6) is -1.13. The van der Waals surface area contributed by atoms with Crippen molar-refractivity contribution in [2.24, 2.45) is 10.2 Å². The number of hydrogen-bond acceptors (Lipinski definition) is 8. The normalized spacial score (nSPS) is 26.2. The van der Waals surface area contributed by atoms with Crippen LogP contribution < -0.4 is 11.4 Å². The highest BCUT2D eigenvalue weighted by Crippen LogP contribution is 2.32. The third-order valence-electron chi connectivity index (χ3n) is 6.40. The Balaban J connectivity index is 0.000000211. The second-order valence-electron chi connectivity index (χ2n) is 8.82. The Bertz CT molecular complexity index is 1270. The molecule has 16 heteroatoms. The number of azide groups is 2. The van der Waals surface area contributed by atoms with E-state index >= 15 is 0 Å². The van der Waals surface area contributed by atoms with Crippen LogP contribution in [0.25, 0.3) is 20.9 Å². The van der Waals surface area contributed by atoms with Crippen LogP contribution in [0.4, 0.5) is 8.78 Å². The molecule has 0 N–H and O–H groups in total. The van der Waals surface area contributed by atoms with E-state index in [1.807, 2.05) is 13.8 Å². The molecule has 0 saturated carbocycles. The molecule has 0 amide bonds. The van der Waals surface area contributed by atoms with Gasteiger partial charge in [0, 0.05) is 35.1 Å². The summed E-state index contributed by atoms with van der Waals surface area (Å²) in [7, 11) is 0. The average Bonchev–Trinajstić information content (AvgIpc) is 3.48. The van der Waals surface area contributed by atoms with E-state index in [1.165, 1.54) is 13.8 Å². The van der Waals surface area contributed by atoms with Gasteiger partial charge in [-0.25, -0.2) is 18.4 Å². The standard InChI is InChI=1S/2C11H14FN5O2/c2*1-3-9-8(15-16-13)4-10(19-9)17-5-7(12)6(2)14-11(17)18/h2*5,8-10H,3-4H2,1-2H3/t8?,9-,10+;8?,9-,10-/m10/s1. The molecule has 2 unspecified atom stereocenters. The Morgan fingerprint density at radius 1 is 0.868 bits per heavy atom. The van der Waals surface area contributed by atoms with Crippen molar-refractivity contribution in [3.63, 3.8) is 0 Å². The number of ether oxygens (including phenoxy) is 2. The quantitative estimate of drug-likeness (QED) is 0.304. The zero-order valence-corrected chi connectivity index (χ0v) is 21.3. The van der Waals surface area contributed by atoms with E-state index in [1.54, 1.807) is 0 Å². The molecule has 0 aromatic carbocycles. The maximum Gasteiger partial charge on any atom is 0.350 e. The Morgan fingerprint density at radius 3 is 1.55 bits per heavy atom. The third-order valence-corrected chi connectivity index (χ3v) is 6.40. The lowest BCUT2D eigenvalue weighted by Gasteiger charge is -2.15. The summed E-state index contributed by atoms with van der Waals surface area (Å²) in [6, 6.07) is -0.701. The van der Waals surface area contributed by atoms with Crippen LogP contribution in [0.15, 0.2) is 32.2 Å². The van der Waals surface area contributed by atoms with Gasteiger partial charge in [0.1, 0.15) is 12.5 Å². The van der Waals surface area contributed by atoms with Crippen molar-refractivity contribution in [2.75, 3.05) is 0 Å². The molecule has 2 fully saturated rings. The van der Waals surface area contributed by atoms with Crippen LogP contribution in [0, 0.1) is 25.5 Å². The van der Waals surface area contributed by atoms with Gasteiger partial charge in [0.15, 0.2) is 11.6 Å². The van der Waals surface area contributed by atoms with Gasteiger partial charge in [0.05, 0.1) is 35.7 Å². The summed E-state index contributed by atoms with van der Waals surface area (Å²) in [5, 5.41) is 7.29. The summed E-state index contributed by atoms with van der Waals surface area (Å²) >= 11 is 0. The first-order valence-corrected chi connectivity index (χ1v) is 12.0. The van der Waals surface area contributed by atoms with Gasteiger partial charge < -0.3 is 9.47 Å². The average molecular weight is 535 g/mol. The lowest BCUT2D eigenvalue weighted by Crippen LogP contribution is -2.28. The first-order valence-electron chi connectivity index (χ1n) is 12.0.